The van der Waals surface area contributed by atoms with Crippen molar-refractivity contribution in [3.05, 3.63) is 47.6 Å². The monoisotopic (exact) mass is 247 g/mol. The minimum atomic E-state index is 0.0998. The molecule has 0 N–H and O–H groups in total. The van der Waals surface area contributed by atoms with Gasteiger partial charge in [0.05, 0.1) is 6.10 Å². The second-order valence-corrected chi connectivity index (χ2v) is 4.47. The van der Waals surface area contributed by atoms with E-state index in [4.69, 9.17) is 16.3 Å². The highest BCUT2D eigenvalue weighted by Gasteiger charge is 2.08. The maximum absolute atomic E-state index is 5.99. The van der Waals surface area contributed by atoms with Crippen molar-refractivity contribution in [1.29, 1.82) is 0 Å². The van der Waals surface area contributed by atoms with Crippen molar-refractivity contribution in [2.45, 2.75) is 20.0 Å². The molecular weight excluding hydrogens is 234 g/mol. The van der Waals surface area contributed by atoms with Gasteiger partial charge in [-0.2, -0.15) is 0 Å². The molecule has 0 unspecified atom stereocenters. The van der Waals surface area contributed by atoms with Crippen LogP contribution in [0.2, 0.25) is 5.02 Å². The maximum atomic E-state index is 5.99. The van der Waals surface area contributed by atoms with Crippen LogP contribution in [0.1, 0.15) is 13.8 Å². The first kappa shape index (κ1) is 11.9. The number of halogens is 1. The van der Waals surface area contributed by atoms with Crippen molar-refractivity contribution in [3.8, 4) is 17.0 Å². The Hall–Kier alpha value is -1.54. The standard InChI is InChI=1S/C14H14ClNO/c1-10(2)17-14-13(7-4-8-16-14)11-5-3-6-12(15)9-11/h3-10H,1-2H3. The minimum Gasteiger partial charge on any atom is -0.475 e. The molecule has 0 atom stereocenters. The number of pyridine rings is 1. The summed E-state index contributed by atoms with van der Waals surface area (Å²) in [5.74, 6) is 0.643. The number of hydrogen-bond acceptors (Lipinski definition) is 2. The van der Waals surface area contributed by atoms with Crippen LogP contribution < -0.4 is 4.74 Å². The fraction of sp³-hybridized carbons (Fsp3) is 0.214. The van der Waals surface area contributed by atoms with Crippen LogP contribution in [0.25, 0.3) is 11.1 Å². The largest absolute Gasteiger partial charge is 0.475 e. The van der Waals surface area contributed by atoms with Crippen LogP contribution in [0.15, 0.2) is 42.6 Å². The fourth-order valence-electron chi connectivity index (χ4n) is 1.58. The first-order valence-corrected chi connectivity index (χ1v) is 5.92. The van der Waals surface area contributed by atoms with Crippen LogP contribution >= 0.6 is 11.6 Å². The Kier molecular flexibility index (Phi) is 3.64. The number of rotatable bonds is 3. The highest BCUT2D eigenvalue weighted by Crippen LogP contribution is 2.29. The number of benzene rings is 1. The Morgan fingerprint density at radius 2 is 2.00 bits per heavy atom. The Morgan fingerprint density at radius 3 is 2.71 bits per heavy atom. The molecule has 0 bridgehead atoms. The van der Waals surface area contributed by atoms with Crippen molar-refractivity contribution in [3.63, 3.8) is 0 Å². The molecular formula is C14H14ClNO. The van der Waals surface area contributed by atoms with Gasteiger partial charge < -0.3 is 4.74 Å². The van der Waals surface area contributed by atoms with Crippen molar-refractivity contribution < 1.29 is 4.74 Å². The molecule has 1 heterocycles. The lowest BCUT2D eigenvalue weighted by molar-refractivity contribution is 0.234. The van der Waals surface area contributed by atoms with Gasteiger partial charge in [-0.3, -0.25) is 0 Å². The molecule has 2 aromatic rings. The average molecular weight is 248 g/mol. The van der Waals surface area contributed by atoms with Crippen molar-refractivity contribution >= 4 is 11.6 Å². The van der Waals surface area contributed by atoms with Crippen LogP contribution in [0.3, 0.4) is 0 Å². The Bertz CT molecular complexity index is 511. The van der Waals surface area contributed by atoms with Crippen molar-refractivity contribution in [2.24, 2.45) is 0 Å². The van der Waals surface area contributed by atoms with Gasteiger partial charge in [-0.1, -0.05) is 23.7 Å². The second-order valence-electron chi connectivity index (χ2n) is 4.03. The maximum Gasteiger partial charge on any atom is 0.221 e. The van der Waals surface area contributed by atoms with E-state index in [2.05, 4.69) is 4.98 Å². The zero-order valence-electron chi connectivity index (χ0n) is 9.85. The third-order valence-electron chi connectivity index (χ3n) is 2.25. The molecule has 1 aromatic carbocycles. The Labute approximate surface area is 106 Å². The van der Waals surface area contributed by atoms with E-state index in [0.29, 0.717) is 10.9 Å². The molecule has 0 saturated carbocycles. The van der Waals surface area contributed by atoms with Crippen molar-refractivity contribution in [2.75, 3.05) is 0 Å². The molecule has 2 nitrogen and oxygen atoms in total. The molecule has 17 heavy (non-hydrogen) atoms. The summed E-state index contributed by atoms with van der Waals surface area (Å²) in [7, 11) is 0. The summed E-state index contributed by atoms with van der Waals surface area (Å²) in [6.45, 7) is 3.97. The van der Waals surface area contributed by atoms with Gasteiger partial charge in [0.2, 0.25) is 5.88 Å². The molecule has 0 saturated heterocycles. The molecule has 0 radical (unpaired) electrons. The number of aromatic nitrogens is 1. The van der Waals surface area contributed by atoms with E-state index in [1.807, 2.05) is 50.2 Å². The van der Waals surface area contributed by atoms with Gasteiger partial charge in [-0.25, -0.2) is 4.98 Å². The molecule has 2 rings (SSSR count). The number of ether oxygens (including phenoxy) is 1. The lowest BCUT2D eigenvalue weighted by atomic mass is 10.1. The Balaban J connectivity index is 2.44. The summed E-state index contributed by atoms with van der Waals surface area (Å²) in [6.07, 6.45) is 1.83. The van der Waals surface area contributed by atoms with Gasteiger partial charge in [0.25, 0.3) is 0 Å². The zero-order chi connectivity index (χ0) is 12.3. The van der Waals surface area contributed by atoms with E-state index >= 15 is 0 Å². The van der Waals surface area contributed by atoms with Crippen molar-refractivity contribution in [1.82, 2.24) is 4.98 Å². The van der Waals surface area contributed by atoms with E-state index in [1.165, 1.54) is 0 Å². The average Bonchev–Trinajstić information content (AvgIpc) is 2.29. The SMILES string of the molecule is CC(C)Oc1ncccc1-c1cccc(Cl)c1. The molecule has 1 aromatic heterocycles. The van der Waals surface area contributed by atoms with E-state index in [1.54, 1.807) is 6.20 Å². The summed E-state index contributed by atoms with van der Waals surface area (Å²) < 4.78 is 5.69. The van der Waals surface area contributed by atoms with Gasteiger partial charge in [-0.15, -0.1) is 0 Å². The summed E-state index contributed by atoms with van der Waals surface area (Å²) in [6, 6.07) is 11.6. The molecule has 0 aliphatic rings. The molecule has 0 aliphatic heterocycles. The van der Waals surface area contributed by atoms with Crippen LogP contribution in [-0.4, -0.2) is 11.1 Å². The van der Waals surface area contributed by atoms with E-state index in [9.17, 15) is 0 Å². The summed E-state index contributed by atoms with van der Waals surface area (Å²) in [5.41, 5.74) is 1.98. The predicted molar refractivity (Wildman–Crippen MR) is 70.4 cm³/mol. The van der Waals surface area contributed by atoms with Gasteiger partial charge in [0.1, 0.15) is 0 Å². The second kappa shape index (κ2) is 5.19. The first-order valence-electron chi connectivity index (χ1n) is 5.54. The molecule has 0 fully saturated rings. The van der Waals surface area contributed by atoms with Crippen LogP contribution in [0.4, 0.5) is 0 Å². The van der Waals surface area contributed by atoms with Gasteiger partial charge in [0.15, 0.2) is 0 Å². The third kappa shape index (κ3) is 2.98. The molecule has 0 spiro atoms. The Morgan fingerprint density at radius 1 is 1.18 bits per heavy atom. The fourth-order valence-corrected chi connectivity index (χ4v) is 1.77. The lowest BCUT2D eigenvalue weighted by Gasteiger charge is -2.12. The highest BCUT2D eigenvalue weighted by atomic mass is 35.5. The van der Waals surface area contributed by atoms with Gasteiger partial charge in [0, 0.05) is 16.8 Å². The molecule has 88 valence electrons. The van der Waals surface area contributed by atoms with E-state index < -0.39 is 0 Å². The highest BCUT2D eigenvalue weighted by molar-refractivity contribution is 6.30. The van der Waals surface area contributed by atoms with Crippen LogP contribution in [0.5, 0.6) is 5.88 Å². The summed E-state index contributed by atoms with van der Waals surface area (Å²) in [4.78, 5) is 4.26. The van der Waals surface area contributed by atoms with Crippen LogP contribution in [-0.2, 0) is 0 Å². The minimum absolute atomic E-state index is 0.0998. The number of hydrogen-bond donors (Lipinski definition) is 0. The number of nitrogens with zero attached hydrogens (tertiary/aromatic N) is 1. The van der Waals surface area contributed by atoms with Crippen LogP contribution in [0, 0.1) is 0 Å². The first-order chi connectivity index (χ1) is 8.16. The molecule has 3 heteroatoms. The smallest absolute Gasteiger partial charge is 0.221 e. The lowest BCUT2D eigenvalue weighted by Crippen LogP contribution is -2.07. The van der Waals surface area contributed by atoms with E-state index in [-0.39, 0.29) is 6.10 Å². The quantitative estimate of drug-likeness (QED) is 0.811. The molecule has 0 amide bonds. The molecule has 0 aliphatic carbocycles. The summed E-state index contributed by atoms with van der Waals surface area (Å²) >= 11 is 5.99. The zero-order valence-corrected chi connectivity index (χ0v) is 10.6. The van der Waals surface area contributed by atoms with Gasteiger partial charge in [-0.05, 0) is 43.7 Å². The third-order valence-corrected chi connectivity index (χ3v) is 2.49. The summed E-state index contributed by atoms with van der Waals surface area (Å²) in [5, 5.41) is 0.710. The van der Waals surface area contributed by atoms with Gasteiger partial charge >= 0.3 is 0 Å². The normalized spacial score (nSPS) is 10.6. The van der Waals surface area contributed by atoms with E-state index in [0.717, 1.165) is 11.1 Å². The predicted octanol–water partition coefficient (Wildman–Crippen LogP) is 4.19. The topological polar surface area (TPSA) is 22.1 Å².